The van der Waals surface area contributed by atoms with E-state index in [2.05, 4.69) is 5.10 Å². The first kappa shape index (κ1) is 20.8. The van der Waals surface area contributed by atoms with Crippen LogP contribution >= 0.6 is 11.6 Å². The molecule has 0 radical (unpaired) electrons. The van der Waals surface area contributed by atoms with E-state index in [0.29, 0.717) is 11.4 Å². The summed E-state index contributed by atoms with van der Waals surface area (Å²) in [5.41, 5.74) is 2.87. The van der Waals surface area contributed by atoms with Crippen molar-refractivity contribution < 1.29 is 12.6 Å². The third-order valence-corrected chi connectivity index (χ3v) is 5.97. The second-order valence-corrected chi connectivity index (χ2v) is 8.91. The highest BCUT2D eigenvalue weighted by atomic mass is 35.5. The number of nitrogens with zero attached hydrogens (tertiary/aromatic N) is 3. The first-order valence-electron chi connectivity index (χ1n) is 9.10. The monoisotopic (exact) mass is 421 g/mol. The molecule has 2 aromatic rings. The Bertz CT molecular complexity index is 926. The van der Waals surface area contributed by atoms with Crippen LogP contribution in [-0.4, -0.2) is 52.8 Å². The Kier molecular flexibility index (Phi) is 6.72. The van der Waals surface area contributed by atoms with Gasteiger partial charge in [0, 0.05) is 18.0 Å². The van der Waals surface area contributed by atoms with Crippen molar-refractivity contribution in [1.29, 1.82) is 0 Å². The Morgan fingerprint density at radius 2 is 1.79 bits per heavy atom. The lowest BCUT2D eigenvalue weighted by molar-refractivity contribution is 0.284. The molecule has 1 aliphatic heterocycles. The maximum atomic E-state index is 12.3. The molecule has 8 heteroatoms. The van der Waals surface area contributed by atoms with Gasteiger partial charge in [0.2, 0.25) is 0 Å². The van der Waals surface area contributed by atoms with Gasteiger partial charge in [0.25, 0.3) is 10.1 Å². The second kappa shape index (κ2) is 9.05. The average Bonchev–Trinajstić information content (AvgIpc) is 3.16. The van der Waals surface area contributed by atoms with Gasteiger partial charge in [0.05, 0.1) is 22.9 Å². The maximum Gasteiger partial charge on any atom is 0.296 e. The third-order valence-electron chi connectivity index (χ3n) is 4.39. The van der Waals surface area contributed by atoms with E-state index in [1.54, 1.807) is 24.3 Å². The zero-order valence-corrected chi connectivity index (χ0v) is 17.6. The first-order valence-corrected chi connectivity index (χ1v) is 10.9. The molecular formula is C20H24ClN3O3S. The Hall–Kier alpha value is -1.93. The van der Waals surface area contributed by atoms with Gasteiger partial charge in [-0.05, 0) is 69.0 Å². The lowest BCUT2D eigenvalue weighted by atomic mass is 10.1. The van der Waals surface area contributed by atoms with E-state index in [1.807, 2.05) is 48.3 Å². The maximum absolute atomic E-state index is 12.3. The fourth-order valence-corrected chi connectivity index (χ4v) is 3.96. The predicted molar refractivity (Wildman–Crippen MR) is 113 cm³/mol. The largest absolute Gasteiger partial charge is 0.309 e. The van der Waals surface area contributed by atoms with E-state index < -0.39 is 10.1 Å². The predicted octanol–water partition coefficient (Wildman–Crippen LogP) is 3.61. The van der Waals surface area contributed by atoms with Gasteiger partial charge in [0.15, 0.2) is 0 Å². The van der Waals surface area contributed by atoms with Crippen LogP contribution in [0.1, 0.15) is 18.4 Å². The van der Waals surface area contributed by atoms with Crippen LogP contribution in [0, 0.1) is 0 Å². The van der Waals surface area contributed by atoms with Crippen molar-refractivity contribution in [3.8, 4) is 0 Å². The Morgan fingerprint density at radius 1 is 1.11 bits per heavy atom. The van der Waals surface area contributed by atoms with Gasteiger partial charge in [-0.1, -0.05) is 23.7 Å². The molecule has 0 bridgehead atoms. The van der Waals surface area contributed by atoms with Gasteiger partial charge >= 0.3 is 0 Å². The van der Waals surface area contributed by atoms with Crippen LogP contribution < -0.4 is 5.01 Å². The summed E-state index contributed by atoms with van der Waals surface area (Å²) in [7, 11) is 0.132. The number of hydrazone groups is 1. The molecule has 0 N–H and O–H groups in total. The van der Waals surface area contributed by atoms with Crippen molar-refractivity contribution in [2.45, 2.75) is 17.7 Å². The summed E-state index contributed by atoms with van der Waals surface area (Å²) in [6.07, 6.45) is 1.47. The lowest BCUT2D eigenvalue weighted by Crippen LogP contribution is -2.16. The summed E-state index contributed by atoms with van der Waals surface area (Å²) in [4.78, 5) is 2.14. The summed E-state index contributed by atoms with van der Waals surface area (Å²) in [5.74, 6) is 0. The molecule has 0 amide bonds. The number of hydrogen-bond donors (Lipinski definition) is 0. The molecule has 0 aliphatic carbocycles. The molecule has 1 heterocycles. The SMILES string of the molecule is CN(C)CCCOS(=O)(=O)c1ccc(N2CCC(c3ccc(Cl)cc3)=N2)cc1. The van der Waals surface area contributed by atoms with Crippen molar-refractivity contribution >= 4 is 33.1 Å². The summed E-state index contributed by atoms with van der Waals surface area (Å²) in [6, 6.07) is 14.2. The molecule has 2 aromatic carbocycles. The zero-order chi connectivity index (χ0) is 20.1. The summed E-state index contributed by atoms with van der Waals surface area (Å²) < 4.78 is 29.7. The molecule has 3 rings (SSSR count). The molecular weight excluding hydrogens is 398 g/mol. The van der Waals surface area contributed by atoms with Crippen molar-refractivity contribution in [3.63, 3.8) is 0 Å². The van der Waals surface area contributed by atoms with Gasteiger partial charge < -0.3 is 4.90 Å². The number of rotatable bonds is 8. The van der Waals surface area contributed by atoms with Crippen molar-refractivity contribution in [3.05, 3.63) is 59.1 Å². The van der Waals surface area contributed by atoms with Crippen molar-refractivity contribution in [2.75, 3.05) is 38.8 Å². The minimum absolute atomic E-state index is 0.155. The minimum Gasteiger partial charge on any atom is -0.309 e. The number of anilines is 1. The average molecular weight is 422 g/mol. The minimum atomic E-state index is -3.74. The fourth-order valence-electron chi connectivity index (χ4n) is 2.89. The molecule has 0 aromatic heterocycles. The standard InChI is InChI=1S/C20H24ClN3O3S/c1-23(2)13-3-15-27-28(25,26)19-10-8-18(9-11-19)24-14-12-20(22-24)16-4-6-17(21)7-5-16/h4-11H,3,12-15H2,1-2H3. The van der Waals surface area contributed by atoms with Crippen LogP contribution in [0.4, 0.5) is 5.69 Å². The van der Waals surface area contributed by atoms with Gasteiger partial charge in [-0.25, -0.2) is 0 Å². The van der Waals surface area contributed by atoms with Gasteiger partial charge in [-0.3, -0.25) is 9.19 Å². The van der Waals surface area contributed by atoms with Gasteiger partial charge in [-0.15, -0.1) is 0 Å². The molecule has 6 nitrogen and oxygen atoms in total. The summed E-state index contributed by atoms with van der Waals surface area (Å²) in [6.45, 7) is 1.69. The molecule has 0 spiro atoms. The molecule has 0 atom stereocenters. The second-order valence-electron chi connectivity index (χ2n) is 6.85. The molecule has 1 aliphatic rings. The Labute approximate surface area is 171 Å². The van der Waals surface area contributed by atoms with Crippen LogP contribution in [0.15, 0.2) is 58.5 Å². The fraction of sp³-hybridized carbons (Fsp3) is 0.350. The van der Waals surface area contributed by atoms with Gasteiger partial charge in [0.1, 0.15) is 0 Å². The van der Waals surface area contributed by atoms with Crippen LogP contribution in [0.2, 0.25) is 5.02 Å². The normalized spacial score (nSPS) is 14.6. The molecule has 0 saturated carbocycles. The van der Waals surface area contributed by atoms with E-state index in [1.165, 1.54) is 0 Å². The van der Waals surface area contributed by atoms with E-state index in [9.17, 15) is 8.42 Å². The van der Waals surface area contributed by atoms with E-state index in [4.69, 9.17) is 15.8 Å². The van der Waals surface area contributed by atoms with Crippen molar-refractivity contribution in [1.82, 2.24) is 4.90 Å². The smallest absolute Gasteiger partial charge is 0.296 e. The Balaban J connectivity index is 1.65. The van der Waals surface area contributed by atoms with Crippen LogP contribution in [0.5, 0.6) is 0 Å². The summed E-state index contributed by atoms with van der Waals surface area (Å²) >= 11 is 5.94. The molecule has 0 unspecified atom stereocenters. The highest BCUT2D eigenvalue weighted by Crippen LogP contribution is 2.24. The summed E-state index contributed by atoms with van der Waals surface area (Å²) in [5, 5.41) is 7.22. The third kappa shape index (κ3) is 5.32. The lowest BCUT2D eigenvalue weighted by Gasteiger charge is -2.14. The van der Waals surface area contributed by atoms with Crippen LogP contribution in [-0.2, 0) is 14.3 Å². The molecule has 0 fully saturated rings. The van der Waals surface area contributed by atoms with Crippen molar-refractivity contribution in [2.24, 2.45) is 5.10 Å². The van der Waals surface area contributed by atoms with E-state index >= 15 is 0 Å². The molecule has 150 valence electrons. The first-order chi connectivity index (χ1) is 13.3. The number of benzene rings is 2. The quantitative estimate of drug-likeness (QED) is 0.481. The number of hydrogen-bond acceptors (Lipinski definition) is 6. The van der Waals surface area contributed by atoms with Gasteiger partial charge in [-0.2, -0.15) is 13.5 Å². The highest BCUT2D eigenvalue weighted by molar-refractivity contribution is 7.86. The zero-order valence-electron chi connectivity index (χ0n) is 16.0. The van der Waals surface area contributed by atoms with Crippen LogP contribution in [0.3, 0.4) is 0 Å². The molecule has 28 heavy (non-hydrogen) atoms. The number of halogens is 1. The Morgan fingerprint density at radius 3 is 2.43 bits per heavy atom. The highest BCUT2D eigenvalue weighted by Gasteiger charge is 2.19. The molecule has 0 saturated heterocycles. The topological polar surface area (TPSA) is 62.2 Å². The van der Waals surface area contributed by atoms with E-state index in [0.717, 1.165) is 36.5 Å². The van der Waals surface area contributed by atoms with E-state index in [-0.39, 0.29) is 11.5 Å². The van der Waals surface area contributed by atoms with Crippen LogP contribution in [0.25, 0.3) is 0 Å².